The highest BCUT2D eigenvalue weighted by Crippen LogP contribution is 2.55. The van der Waals surface area contributed by atoms with Gasteiger partial charge in [-0.15, -0.1) is 0 Å². The molecule has 2 aliphatic carbocycles. The molecule has 0 radical (unpaired) electrons. The lowest BCUT2D eigenvalue weighted by Gasteiger charge is -2.43. The Morgan fingerprint density at radius 3 is 2.52 bits per heavy atom. The quantitative estimate of drug-likeness (QED) is 0.749. The van der Waals surface area contributed by atoms with Crippen LogP contribution in [-0.2, 0) is 9.53 Å². The molecule has 25 heavy (non-hydrogen) atoms. The van der Waals surface area contributed by atoms with Crippen molar-refractivity contribution in [3.05, 3.63) is 47.5 Å². The second kappa shape index (κ2) is 4.42. The smallest absolute Gasteiger partial charge is 0.304 e. The summed E-state index contributed by atoms with van der Waals surface area (Å²) in [5, 5.41) is 12.4. The van der Waals surface area contributed by atoms with Crippen molar-refractivity contribution >= 4 is 16.6 Å². The lowest BCUT2D eigenvalue weighted by Crippen LogP contribution is -2.56. The summed E-state index contributed by atoms with van der Waals surface area (Å²) in [6, 6.07) is 11.8. The van der Waals surface area contributed by atoms with E-state index < -0.39 is 24.1 Å². The molecule has 126 valence electrons. The summed E-state index contributed by atoms with van der Waals surface area (Å²) in [6.45, 7) is 0. The van der Waals surface area contributed by atoms with Crippen molar-refractivity contribution in [3.63, 3.8) is 0 Å². The Balaban J connectivity index is 1.60. The van der Waals surface area contributed by atoms with Crippen LogP contribution in [0.2, 0.25) is 0 Å². The lowest BCUT2D eigenvalue weighted by atomic mass is 9.76. The lowest BCUT2D eigenvalue weighted by molar-refractivity contribution is -0.125. The summed E-state index contributed by atoms with van der Waals surface area (Å²) in [7, 11) is 0. The number of ether oxygens (including phenoxy) is 3. The highest BCUT2D eigenvalue weighted by atomic mass is 16.8. The summed E-state index contributed by atoms with van der Waals surface area (Å²) < 4.78 is 18.5. The number of aliphatic hydroxyl groups is 1. The van der Waals surface area contributed by atoms with Gasteiger partial charge in [-0.25, -0.2) is 0 Å². The molecule has 0 bridgehead atoms. The third-order valence-electron chi connectivity index (χ3n) is 5.72. The number of benzene rings is 2. The molecule has 1 spiro atoms. The van der Waals surface area contributed by atoms with Gasteiger partial charge in [-0.1, -0.05) is 24.3 Å². The summed E-state index contributed by atoms with van der Waals surface area (Å²) in [6.07, 6.45) is 0.264. The third-order valence-corrected chi connectivity index (χ3v) is 5.72. The van der Waals surface area contributed by atoms with E-state index in [0.717, 1.165) is 34.3 Å². The highest BCUT2D eigenvalue weighted by molar-refractivity contribution is 6.05. The Morgan fingerprint density at radius 2 is 1.80 bits per heavy atom. The van der Waals surface area contributed by atoms with Gasteiger partial charge >= 0.3 is 5.79 Å². The molecule has 2 aliphatic heterocycles. The first kappa shape index (κ1) is 13.9. The Kier molecular flexibility index (Phi) is 2.45. The van der Waals surface area contributed by atoms with Crippen molar-refractivity contribution in [2.24, 2.45) is 0 Å². The number of carbonyl (C=O) groups excluding carboxylic acids is 1. The van der Waals surface area contributed by atoms with Crippen LogP contribution < -0.4 is 9.47 Å². The van der Waals surface area contributed by atoms with Crippen molar-refractivity contribution in [2.75, 3.05) is 0 Å². The van der Waals surface area contributed by atoms with Crippen molar-refractivity contribution in [2.45, 2.75) is 43.4 Å². The normalized spacial score (nSPS) is 31.2. The SMILES string of the molecule is O=C1C2=C(CCCC2O)C2(Oc3cccc4cccc(c34)O2)[C@@H]2O[C@H]12. The molecule has 0 amide bonds. The van der Waals surface area contributed by atoms with E-state index in [4.69, 9.17) is 14.2 Å². The number of ketones is 1. The molecular weight excluding hydrogens is 320 g/mol. The van der Waals surface area contributed by atoms with Crippen LogP contribution in [0.25, 0.3) is 10.8 Å². The van der Waals surface area contributed by atoms with Crippen LogP contribution in [0.15, 0.2) is 47.5 Å². The predicted octanol–water partition coefficient (Wildman–Crippen LogP) is 2.50. The van der Waals surface area contributed by atoms with Gasteiger partial charge in [0.25, 0.3) is 0 Å². The second-order valence-corrected chi connectivity index (χ2v) is 7.12. The highest BCUT2D eigenvalue weighted by Gasteiger charge is 2.70. The predicted molar refractivity (Wildman–Crippen MR) is 88.5 cm³/mol. The minimum Gasteiger partial charge on any atom is -0.445 e. The van der Waals surface area contributed by atoms with Crippen molar-refractivity contribution in [1.82, 2.24) is 0 Å². The van der Waals surface area contributed by atoms with E-state index in [2.05, 4.69) is 0 Å². The van der Waals surface area contributed by atoms with E-state index in [9.17, 15) is 9.90 Å². The number of epoxide rings is 1. The van der Waals surface area contributed by atoms with Crippen LogP contribution in [0.4, 0.5) is 0 Å². The average molecular weight is 336 g/mol. The second-order valence-electron chi connectivity index (χ2n) is 7.12. The van der Waals surface area contributed by atoms with Gasteiger partial charge < -0.3 is 19.3 Å². The molecule has 2 heterocycles. The molecule has 1 unspecified atom stereocenters. The van der Waals surface area contributed by atoms with Crippen LogP contribution in [0.1, 0.15) is 19.3 Å². The monoisotopic (exact) mass is 336 g/mol. The van der Waals surface area contributed by atoms with Gasteiger partial charge in [0.05, 0.1) is 11.5 Å². The molecular formula is C20H16O5. The van der Waals surface area contributed by atoms with Crippen LogP contribution in [-0.4, -0.2) is 35.0 Å². The standard InChI is InChI=1S/C20H16O5/c21-12-7-3-6-11-16(12)17(22)18-19(23-18)20(11)24-13-8-1-4-10-5-2-9-14(25-20)15(10)13/h1-2,4-5,8-9,12,18-19,21H,3,6-7H2/t12?,18-,19-/m1/s1. The maximum absolute atomic E-state index is 12.6. The van der Waals surface area contributed by atoms with E-state index in [1.54, 1.807) is 0 Å². The minimum absolute atomic E-state index is 0.109. The fraction of sp³-hybridized carbons (Fsp3) is 0.350. The van der Waals surface area contributed by atoms with Crippen molar-refractivity contribution < 1.29 is 24.1 Å². The van der Waals surface area contributed by atoms with Gasteiger partial charge in [0, 0.05) is 11.1 Å². The fourth-order valence-corrected chi connectivity index (χ4v) is 4.58. The van der Waals surface area contributed by atoms with Crippen LogP contribution >= 0.6 is 0 Å². The first-order valence-corrected chi connectivity index (χ1v) is 8.70. The van der Waals surface area contributed by atoms with E-state index in [-0.39, 0.29) is 5.78 Å². The topological polar surface area (TPSA) is 68.3 Å². The summed E-state index contributed by atoms with van der Waals surface area (Å²) in [5.74, 6) is 0.213. The summed E-state index contributed by atoms with van der Waals surface area (Å²) in [5.41, 5.74) is 1.19. The number of Topliss-reactive ketones (excluding diaryl/α,β-unsaturated/α-hetero) is 1. The molecule has 1 saturated heterocycles. The van der Waals surface area contributed by atoms with E-state index in [1.165, 1.54) is 0 Å². The van der Waals surface area contributed by atoms with Crippen LogP contribution in [0.5, 0.6) is 11.5 Å². The molecule has 1 fully saturated rings. The maximum atomic E-state index is 12.6. The largest absolute Gasteiger partial charge is 0.445 e. The Bertz CT molecular complexity index is 934. The number of hydrogen-bond acceptors (Lipinski definition) is 5. The minimum atomic E-state index is -1.14. The van der Waals surface area contributed by atoms with E-state index >= 15 is 0 Å². The van der Waals surface area contributed by atoms with E-state index in [0.29, 0.717) is 18.4 Å². The molecule has 4 aliphatic rings. The van der Waals surface area contributed by atoms with Gasteiger partial charge in [-0.05, 0) is 36.8 Å². The van der Waals surface area contributed by atoms with Crippen molar-refractivity contribution in [3.8, 4) is 11.5 Å². The molecule has 3 atom stereocenters. The van der Waals surface area contributed by atoms with E-state index in [1.807, 2.05) is 36.4 Å². The van der Waals surface area contributed by atoms with Gasteiger partial charge in [-0.3, -0.25) is 4.79 Å². The van der Waals surface area contributed by atoms with Gasteiger partial charge in [0.2, 0.25) is 0 Å². The number of hydrogen-bond donors (Lipinski definition) is 1. The molecule has 2 aromatic rings. The third kappa shape index (κ3) is 1.62. The Labute approximate surface area is 143 Å². The molecule has 0 saturated carbocycles. The molecule has 0 aromatic heterocycles. The number of rotatable bonds is 0. The van der Waals surface area contributed by atoms with Crippen LogP contribution in [0.3, 0.4) is 0 Å². The maximum Gasteiger partial charge on any atom is 0.304 e. The fourth-order valence-electron chi connectivity index (χ4n) is 4.58. The van der Waals surface area contributed by atoms with Gasteiger partial charge in [0.15, 0.2) is 18.0 Å². The molecule has 6 rings (SSSR count). The first-order chi connectivity index (χ1) is 12.2. The summed E-state index contributed by atoms with van der Waals surface area (Å²) >= 11 is 0. The Hall–Kier alpha value is -2.37. The number of carbonyl (C=O) groups is 1. The molecule has 1 N–H and O–H groups in total. The molecule has 2 aromatic carbocycles. The Morgan fingerprint density at radius 1 is 1.08 bits per heavy atom. The van der Waals surface area contributed by atoms with Crippen molar-refractivity contribution in [1.29, 1.82) is 0 Å². The van der Waals surface area contributed by atoms with Crippen LogP contribution in [0, 0.1) is 0 Å². The number of aliphatic hydroxyl groups excluding tert-OH is 1. The van der Waals surface area contributed by atoms with Gasteiger partial charge in [-0.2, -0.15) is 0 Å². The zero-order chi connectivity index (χ0) is 16.8. The number of fused-ring (bicyclic) bond motifs is 3. The zero-order valence-electron chi connectivity index (χ0n) is 13.4. The first-order valence-electron chi connectivity index (χ1n) is 8.70. The molecule has 5 nitrogen and oxygen atoms in total. The zero-order valence-corrected chi connectivity index (χ0v) is 13.4. The molecule has 5 heteroatoms. The van der Waals surface area contributed by atoms with Gasteiger partial charge in [0.1, 0.15) is 11.5 Å². The average Bonchev–Trinajstić information content (AvgIpc) is 3.42. The summed E-state index contributed by atoms with van der Waals surface area (Å²) in [4.78, 5) is 12.6.